The molecular weight excluding hydrogens is 208 g/mol. The van der Waals surface area contributed by atoms with Crippen LogP contribution in [0.3, 0.4) is 0 Å². The van der Waals surface area contributed by atoms with Gasteiger partial charge in [0.1, 0.15) is 4.32 Å². The summed E-state index contributed by atoms with van der Waals surface area (Å²) in [6.45, 7) is 7.62. The van der Waals surface area contributed by atoms with E-state index in [1.807, 2.05) is 27.7 Å². The van der Waals surface area contributed by atoms with E-state index in [2.05, 4.69) is 15.9 Å². The molecular formula is C8H15BrO2. The lowest BCUT2D eigenvalue weighted by molar-refractivity contribution is -0.142. The second-order valence-electron chi connectivity index (χ2n) is 3.38. The highest BCUT2D eigenvalue weighted by molar-refractivity contribution is 9.10. The molecule has 66 valence electrons. The molecule has 0 bridgehead atoms. The van der Waals surface area contributed by atoms with Crippen LogP contribution in [-0.2, 0) is 4.79 Å². The molecule has 0 aromatic heterocycles. The fourth-order valence-corrected chi connectivity index (χ4v) is 1.16. The van der Waals surface area contributed by atoms with Crippen LogP contribution in [0.5, 0.6) is 0 Å². The zero-order valence-electron chi connectivity index (χ0n) is 7.39. The van der Waals surface area contributed by atoms with Gasteiger partial charge in [-0.2, -0.15) is 0 Å². The lowest BCUT2D eigenvalue weighted by Crippen LogP contribution is -2.42. The number of carbonyl (C=O) groups is 1. The van der Waals surface area contributed by atoms with E-state index in [0.717, 1.165) is 0 Å². The molecule has 0 fully saturated rings. The third-order valence-corrected chi connectivity index (χ3v) is 4.18. The number of halogens is 1. The lowest BCUT2D eigenvalue weighted by atomic mass is 9.85. The Morgan fingerprint density at radius 2 is 1.55 bits per heavy atom. The fraction of sp³-hybridized carbons (Fsp3) is 0.875. The standard InChI is InChI=1S/C8H15BrO2/c1-5(2)8(9,6(3)4)7(10)11/h5-6H,1-4H3,(H,10,11). The molecule has 0 aromatic carbocycles. The maximum absolute atomic E-state index is 10.9. The molecule has 0 saturated carbocycles. The Morgan fingerprint density at radius 1 is 1.27 bits per heavy atom. The Hall–Kier alpha value is -0.0500. The summed E-state index contributed by atoms with van der Waals surface area (Å²) in [5.74, 6) is -0.581. The second kappa shape index (κ2) is 3.57. The van der Waals surface area contributed by atoms with Crippen LogP contribution in [0.15, 0.2) is 0 Å². The minimum absolute atomic E-state index is 0.0972. The number of hydrogen-bond acceptors (Lipinski definition) is 1. The van der Waals surface area contributed by atoms with Crippen LogP contribution in [0.1, 0.15) is 27.7 Å². The summed E-state index contributed by atoms with van der Waals surface area (Å²) in [7, 11) is 0. The third kappa shape index (κ3) is 1.95. The van der Waals surface area contributed by atoms with Crippen molar-refractivity contribution in [1.82, 2.24) is 0 Å². The van der Waals surface area contributed by atoms with Gasteiger partial charge in [-0.05, 0) is 11.8 Å². The summed E-state index contributed by atoms with van der Waals surface area (Å²) in [6.07, 6.45) is 0. The van der Waals surface area contributed by atoms with Crippen molar-refractivity contribution in [3.63, 3.8) is 0 Å². The van der Waals surface area contributed by atoms with E-state index in [4.69, 9.17) is 5.11 Å². The monoisotopic (exact) mass is 222 g/mol. The van der Waals surface area contributed by atoms with Crippen molar-refractivity contribution >= 4 is 21.9 Å². The smallest absolute Gasteiger partial charge is 0.320 e. The van der Waals surface area contributed by atoms with Gasteiger partial charge in [-0.15, -0.1) is 0 Å². The van der Waals surface area contributed by atoms with Crippen LogP contribution in [-0.4, -0.2) is 15.4 Å². The quantitative estimate of drug-likeness (QED) is 0.746. The molecule has 0 amide bonds. The lowest BCUT2D eigenvalue weighted by Gasteiger charge is -2.30. The molecule has 0 heterocycles. The van der Waals surface area contributed by atoms with Crippen LogP contribution < -0.4 is 0 Å². The summed E-state index contributed by atoms with van der Waals surface area (Å²) < 4.78 is -0.771. The third-order valence-electron chi connectivity index (χ3n) is 2.01. The van der Waals surface area contributed by atoms with E-state index in [1.54, 1.807) is 0 Å². The van der Waals surface area contributed by atoms with Crippen LogP contribution in [0, 0.1) is 11.8 Å². The normalized spacial score (nSPS) is 12.6. The predicted octanol–water partition coefficient (Wildman–Crippen LogP) is 2.52. The Balaban J connectivity index is 4.67. The average molecular weight is 223 g/mol. The van der Waals surface area contributed by atoms with Gasteiger partial charge in [-0.3, -0.25) is 4.79 Å². The van der Waals surface area contributed by atoms with Crippen molar-refractivity contribution in [3.05, 3.63) is 0 Å². The van der Waals surface area contributed by atoms with Gasteiger partial charge in [0.25, 0.3) is 0 Å². The highest BCUT2D eigenvalue weighted by Crippen LogP contribution is 2.35. The number of hydrogen-bond donors (Lipinski definition) is 1. The first-order valence-electron chi connectivity index (χ1n) is 3.75. The maximum Gasteiger partial charge on any atom is 0.320 e. The molecule has 1 N–H and O–H groups in total. The first-order valence-corrected chi connectivity index (χ1v) is 4.55. The first kappa shape index (κ1) is 11.0. The average Bonchev–Trinajstić information content (AvgIpc) is 1.84. The summed E-state index contributed by atoms with van der Waals surface area (Å²) in [6, 6.07) is 0. The van der Waals surface area contributed by atoms with Gasteiger partial charge in [0, 0.05) is 0 Å². The minimum Gasteiger partial charge on any atom is -0.480 e. The number of rotatable bonds is 3. The van der Waals surface area contributed by atoms with E-state index in [9.17, 15) is 4.79 Å². The molecule has 0 unspecified atom stereocenters. The Bertz CT molecular complexity index is 144. The number of carboxylic acid groups (broad SMARTS) is 1. The maximum atomic E-state index is 10.9. The van der Waals surface area contributed by atoms with Crippen molar-refractivity contribution in [2.45, 2.75) is 32.0 Å². The minimum atomic E-state index is -0.775. The topological polar surface area (TPSA) is 37.3 Å². The highest BCUT2D eigenvalue weighted by Gasteiger charge is 2.41. The van der Waals surface area contributed by atoms with Gasteiger partial charge in [0.2, 0.25) is 0 Å². The number of carboxylic acids is 1. The molecule has 0 rings (SSSR count). The molecule has 11 heavy (non-hydrogen) atoms. The van der Waals surface area contributed by atoms with Crippen molar-refractivity contribution in [2.75, 3.05) is 0 Å². The molecule has 0 atom stereocenters. The highest BCUT2D eigenvalue weighted by atomic mass is 79.9. The van der Waals surface area contributed by atoms with Gasteiger partial charge in [-0.25, -0.2) is 0 Å². The van der Waals surface area contributed by atoms with Gasteiger partial charge < -0.3 is 5.11 Å². The number of aliphatic carboxylic acids is 1. The molecule has 3 heteroatoms. The van der Waals surface area contributed by atoms with Gasteiger partial charge in [0.15, 0.2) is 0 Å². The Morgan fingerprint density at radius 3 is 1.55 bits per heavy atom. The van der Waals surface area contributed by atoms with Crippen LogP contribution >= 0.6 is 15.9 Å². The summed E-state index contributed by atoms with van der Waals surface area (Å²) in [5, 5.41) is 8.93. The fourth-order valence-electron chi connectivity index (χ4n) is 1.16. The van der Waals surface area contributed by atoms with E-state index in [1.165, 1.54) is 0 Å². The molecule has 2 nitrogen and oxygen atoms in total. The van der Waals surface area contributed by atoms with E-state index < -0.39 is 10.3 Å². The molecule has 0 spiro atoms. The molecule has 0 aliphatic carbocycles. The van der Waals surface area contributed by atoms with Gasteiger partial charge in [0.05, 0.1) is 0 Å². The van der Waals surface area contributed by atoms with Crippen molar-refractivity contribution in [1.29, 1.82) is 0 Å². The largest absolute Gasteiger partial charge is 0.480 e. The molecule has 0 saturated heterocycles. The van der Waals surface area contributed by atoms with Crippen molar-refractivity contribution in [3.8, 4) is 0 Å². The molecule has 0 aliphatic rings. The number of alkyl halides is 1. The zero-order chi connectivity index (χ0) is 9.23. The van der Waals surface area contributed by atoms with Crippen molar-refractivity contribution < 1.29 is 9.90 Å². The molecule has 0 radical (unpaired) electrons. The Labute approximate surface area is 76.1 Å². The molecule has 0 aliphatic heterocycles. The first-order chi connectivity index (χ1) is 4.83. The second-order valence-corrected chi connectivity index (χ2v) is 4.69. The van der Waals surface area contributed by atoms with Crippen LogP contribution in [0.4, 0.5) is 0 Å². The summed E-state index contributed by atoms with van der Waals surface area (Å²) >= 11 is 3.28. The summed E-state index contributed by atoms with van der Waals surface area (Å²) in [5.41, 5.74) is 0. The van der Waals surface area contributed by atoms with Crippen LogP contribution in [0.2, 0.25) is 0 Å². The molecule has 0 aromatic rings. The zero-order valence-corrected chi connectivity index (χ0v) is 8.97. The Kier molecular flexibility index (Phi) is 3.55. The van der Waals surface area contributed by atoms with E-state index in [0.29, 0.717) is 0 Å². The predicted molar refractivity (Wildman–Crippen MR) is 49.0 cm³/mol. The van der Waals surface area contributed by atoms with E-state index >= 15 is 0 Å². The summed E-state index contributed by atoms with van der Waals surface area (Å²) in [4.78, 5) is 10.9. The van der Waals surface area contributed by atoms with Crippen LogP contribution in [0.25, 0.3) is 0 Å². The SMILES string of the molecule is CC(C)C(Br)(C(=O)O)C(C)C. The van der Waals surface area contributed by atoms with E-state index in [-0.39, 0.29) is 11.8 Å². The van der Waals surface area contributed by atoms with Gasteiger partial charge in [-0.1, -0.05) is 43.6 Å². The van der Waals surface area contributed by atoms with Gasteiger partial charge >= 0.3 is 5.97 Å². The van der Waals surface area contributed by atoms with Crippen molar-refractivity contribution in [2.24, 2.45) is 11.8 Å².